The minimum atomic E-state index is -0.539. The Bertz CT molecular complexity index is 900. The van der Waals surface area contributed by atoms with Crippen molar-refractivity contribution < 1.29 is 4.79 Å². The average molecular weight is 323 g/mol. The van der Waals surface area contributed by atoms with Gasteiger partial charge in [-0.05, 0) is 31.4 Å². The van der Waals surface area contributed by atoms with Gasteiger partial charge in [-0.25, -0.2) is 9.97 Å². The Hall–Kier alpha value is -3.16. The van der Waals surface area contributed by atoms with E-state index in [4.69, 9.17) is 5.73 Å². The molecule has 0 saturated heterocycles. The quantitative estimate of drug-likeness (QED) is 0.662. The van der Waals surface area contributed by atoms with Crippen LogP contribution in [0.5, 0.6) is 0 Å². The maximum Gasteiger partial charge on any atom is 0.254 e. The first-order valence-electron chi connectivity index (χ1n) is 7.82. The van der Waals surface area contributed by atoms with Crippen molar-refractivity contribution in [3.63, 3.8) is 0 Å². The van der Waals surface area contributed by atoms with Crippen LogP contribution in [0.15, 0.2) is 36.9 Å². The molecular weight excluding hydrogens is 306 g/mol. The van der Waals surface area contributed by atoms with Gasteiger partial charge in [-0.15, -0.1) is 0 Å². The number of amides is 1. The number of rotatable bonds is 5. The van der Waals surface area contributed by atoms with Gasteiger partial charge in [-0.3, -0.25) is 4.79 Å². The number of imidazole rings is 1. The van der Waals surface area contributed by atoms with Crippen molar-refractivity contribution in [2.75, 3.05) is 10.6 Å². The van der Waals surface area contributed by atoms with Crippen molar-refractivity contribution in [3.05, 3.63) is 42.5 Å². The number of hydrogen-bond acceptors (Lipinski definition) is 6. The lowest BCUT2D eigenvalue weighted by atomic mass is 9.93. The number of aromatic nitrogens is 4. The molecule has 8 heteroatoms. The lowest BCUT2D eigenvalue weighted by Crippen LogP contribution is -2.29. The molecule has 0 aromatic carbocycles. The maximum absolute atomic E-state index is 11.6. The van der Waals surface area contributed by atoms with Crippen molar-refractivity contribution in [1.29, 1.82) is 0 Å². The number of anilines is 3. The second-order valence-electron chi connectivity index (χ2n) is 5.83. The Morgan fingerprint density at radius 1 is 1.29 bits per heavy atom. The van der Waals surface area contributed by atoms with Gasteiger partial charge < -0.3 is 20.8 Å². The molecule has 3 aromatic heterocycles. The summed E-state index contributed by atoms with van der Waals surface area (Å²) in [6.07, 6.45) is 10.3. The zero-order chi connectivity index (χ0) is 16.5. The number of fused-ring (bicyclic) bond motifs is 1. The predicted octanol–water partition coefficient (Wildman–Crippen LogP) is 1.93. The number of nitrogens with two attached hydrogens (primary N) is 1. The largest absolute Gasteiger partial charge is 0.367 e. The number of nitrogens with zero attached hydrogens (tertiary/aromatic N) is 4. The van der Waals surface area contributed by atoms with Gasteiger partial charge in [0.1, 0.15) is 11.5 Å². The molecule has 4 rings (SSSR count). The van der Waals surface area contributed by atoms with Gasteiger partial charge >= 0.3 is 0 Å². The van der Waals surface area contributed by atoms with E-state index in [2.05, 4.69) is 25.6 Å². The lowest BCUT2D eigenvalue weighted by molar-refractivity contribution is 0.100. The molecule has 3 aromatic rings. The summed E-state index contributed by atoms with van der Waals surface area (Å²) in [7, 11) is 0. The third-order valence-electron chi connectivity index (χ3n) is 4.15. The molecule has 0 aliphatic heterocycles. The van der Waals surface area contributed by atoms with E-state index in [1.54, 1.807) is 6.20 Å². The summed E-state index contributed by atoms with van der Waals surface area (Å²) < 4.78 is 1.90. The lowest BCUT2D eigenvalue weighted by Gasteiger charge is -2.27. The summed E-state index contributed by atoms with van der Waals surface area (Å²) in [5.41, 5.74) is 7.40. The summed E-state index contributed by atoms with van der Waals surface area (Å²) in [4.78, 5) is 24.4. The van der Waals surface area contributed by atoms with Crippen molar-refractivity contribution in [2.45, 2.75) is 25.3 Å². The van der Waals surface area contributed by atoms with E-state index in [9.17, 15) is 4.79 Å². The van der Waals surface area contributed by atoms with Crippen LogP contribution < -0.4 is 16.4 Å². The van der Waals surface area contributed by atoms with E-state index >= 15 is 0 Å². The SMILES string of the molecule is NC(=O)c1cnc(Nc2ccc3nccn3c2)nc1NC1CCC1. The van der Waals surface area contributed by atoms with Crippen LogP contribution >= 0.6 is 0 Å². The minimum Gasteiger partial charge on any atom is -0.367 e. The van der Waals surface area contributed by atoms with Gasteiger partial charge in [0, 0.05) is 30.8 Å². The number of hydrogen-bond donors (Lipinski definition) is 3. The highest BCUT2D eigenvalue weighted by atomic mass is 16.1. The molecular formula is C16H17N7O. The normalized spacial score (nSPS) is 14.3. The topological polar surface area (TPSA) is 110 Å². The van der Waals surface area contributed by atoms with Crippen molar-refractivity contribution >= 4 is 29.0 Å². The Morgan fingerprint density at radius 3 is 2.92 bits per heavy atom. The molecule has 24 heavy (non-hydrogen) atoms. The second-order valence-corrected chi connectivity index (χ2v) is 5.83. The molecule has 122 valence electrons. The van der Waals surface area contributed by atoms with Crippen LogP contribution in [-0.4, -0.2) is 31.3 Å². The first kappa shape index (κ1) is 14.4. The molecule has 3 heterocycles. The van der Waals surface area contributed by atoms with E-state index in [0.29, 0.717) is 23.4 Å². The fourth-order valence-corrected chi connectivity index (χ4v) is 2.60. The monoisotopic (exact) mass is 323 g/mol. The number of pyridine rings is 1. The van der Waals surface area contributed by atoms with Crippen LogP contribution in [0, 0.1) is 0 Å². The van der Waals surface area contributed by atoms with Gasteiger partial charge in [0.15, 0.2) is 0 Å². The fourth-order valence-electron chi connectivity index (χ4n) is 2.60. The van der Waals surface area contributed by atoms with Crippen LogP contribution in [0.4, 0.5) is 17.5 Å². The van der Waals surface area contributed by atoms with Gasteiger partial charge in [0.05, 0.1) is 11.3 Å². The third-order valence-corrected chi connectivity index (χ3v) is 4.15. The molecule has 1 aliphatic carbocycles. The van der Waals surface area contributed by atoms with E-state index < -0.39 is 5.91 Å². The highest BCUT2D eigenvalue weighted by Crippen LogP contribution is 2.25. The summed E-state index contributed by atoms with van der Waals surface area (Å²) in [6.45, 7) is 0. The summed E-state index contributed by atoms with van der Waals surface area (Å²) in [5.74, 6) is 0.345. The summed E-state index contributed by atoms with van der Waals surface area (Å²) in [5, 5.41) is 6.41. The Kier molecular flexibility index (Phi) is 3.49. The number of carbonyl (C=O) groups is 1. The van der Waals surface area contributed by atoms with Crippen LogP contribution in [0.1, 0.15) is 29.6 Å². The molecule has 8 nitrogen and oxygen atoms in total. The molecule has 1 amide bonds. The average Bonchev–Trinajstić information content (AvgIpc) is 2.98. The first-order chi connectivity index (χ1) is 11.7. The van der Waals surface area contributed by atoms with Crippen molar-refractivity contribution in [2.24, 2.45) is 5.73 Å². The number of carbonyl (C=O) groups excluding carboxylic acids is 1. The molecule has 0 spiro atoms. The maximum atomic E-state index is 11.6. The third kappa shape index (κ3) is 2.73. The van der Waals surface area contributed by atoms with Crippen LogP contribution in [-0.2, 0) is 0 Å². The van der Waals surface area contributed by atoms with Crippen molar-refractivity contribution in [3.8, 4) is 0 Å². The molecule has 1 aliphatic rings. The molecule has 1 fully saturated rings. The Balaban J connectivity index is 1.61. The van der Waals surface area contributed by atoms with Gasteiger partial charge in [-0.2, -0.15) is 4.98 Å². The van der Waals surface area contributed by atoms with Gasteiger partial charge in [0.2, 0.25) is 5.95 Å². The predicted molar refractivity (Wildman–Crippen MR) is 90.3 cm³/mol. The molecule has 0 bridgehead atoms. The standard InChI is InChI=1S/C16H17N7O/c17-14(24)12-8-19-16(22-15(12)20-10-2-1-3-10)21-11-4-5-13-18-6-7-23(13)9-11/h4-10H,1-3H2,(H2,17,24)(H2,19,20,21,22). The number of nitrogens with one attached hydrogen (secondary N) is 2. The Morgan fingerprint density at radius 2 is 2.17 bits per heavy atom. The molecule has 0 atom stereocenters. The van der Waals surface area contributed by atoms with E-state index in [0.717, 1.165) is 24.2 Å². The molecule has 1 saturated carbocycles. The zero-order valence-electron chi connectivity index (χ0n) is 12.9. The summed E-state index contributed by atoms with van der Waals surface area (Å²) >= 11 is 0. The molecule has 4 N–H and O–H groups in total. The van der Waals surface area contributed by atoms with E-state index in [1.165, 1.54) is 12.6 Å². The van der Waals surface area contributed by atoms with Crippen LogP contribution in [0.3, 0.4) is 0 Å². The first-order valence-corrected chi connectivity index (χ1v) is 7.82. The smallest absolute Gasteiger partial charge is 0.254 e. The van der Waals surface area contributed by atoms with Crippen LogP contribution in [0.2, 0.25) is 0 Å². The summed E-state index contributed by atoms with van der Waals surface area (Å²) in [6, 6.07) is 4.13. The van der Waals surface area contributed by atoms with Gasteiger partial charge in [0.25, 0.3) is 5.91 Å². The van der Waals surface area contributed by atoms with Gasteiger partial charge in [-0.1, -0.05) is 0 Å². The Labute approximate surface area is 138 Å². The molecule has 0 unspecified atom stereocenters. The van der Waals surface area contributed by atoms with E-state index in [1.807, 2.05) is 28.9 Å². The van der Waals surface area contributed by atoms with Crippen molar-refractivity contribution in [1.82, 2.24) is 19.4 Å². The number of primary amides is 1. The highest BCUT2D eigenvalue weighted by molar-refractivity contribution is 5.97. The minimum absolute atomic E-state index is 0.303. The second kappa shape index (κ2) is 5.80. The van der Waals surface area contributed by atoms with Crippen LogP contribution in [0.25, 0.3) is 5.65 Å². The highest BCUT2D eigenvalue weighted by Gasteiger charge is 2.21. The fraction of sp³-hybridized carbons (Fsp3) is 0.250. The zero-order valence-corrected chi connectivity index (χ0v) is 12.9. The van der Waals surface area contributed by atoms with E-state index in [-0.39, 0.29) is 0 Å². The molecule has 0 radical (unpaired) electrons.